The van der Waals surface area contributed by atoms with Crippen LogP contribution >= 0.6 is 0 Å². The van der Waals surface area contributed by atoms with Crippen LogP contribution in [0.1, 0.15) is 68.6 Å². The zero-order valence-corrected chi connectivity index (χ0v) is 18.1. The van der Waals surface area contributed by atoms with Crippen LogP contribution in [0.25, 0.3) is 0 Å². The van der Waals surface area contributed by atoms with E-state index < -0.39 is 0 Å². The maximum Gasteiger partial charge on any atom is 0.302 e. The quantitative estimate of drug-likeness (QED) is 0.582. The van der Waals surface area contributed by atoms with E-state index in [0.717, 1.165) is 25.0 Å². The third-order valence-corrected chi connectivity index (χ3v) is 8.17. The fraction of sp³-hybridized carbons (Fsp3) is 0.519. The molecular formula is C27H32O3. The van der Waals surface area contributed by atoms with E-state index in [1.54, 1.807) is 6.92 Å². The Morgan fingerprint density at radius 1 is 1.07 bits per heavy atom. The molecule has 0 spiro atoms. The van der Waals surface area contributed by atoms with Crippen molar-refractivity contribution in [3.05, 3.63) is 65.2 Å². The Labute approximate surface area is 179 Å². The molecule has 0 radical (unpaired) electrons. The summed E-state index contributed by atoms with van der Waals surface area (Å²) in [4.78, 5) is 11.6. The summed E-state index contributed by atoms with van der Waals surface area (Å²) in [7, 11) is 0. The van der Waals surface area contributed by atoms with Crippen LogP contribution in [0, 0.1) is 17.3 Å². The second kappa shape index (κ2) is 7.76. The summed E-state index contributed by atoms with van der Waals surface area (Å²) in [5, 5.41) is 0. The number of hydrogen-bond donors (Lipinski definition) is 0. The van der Waals surface area contributed by atoms with Gasteiger partial charge in [-0.15, -0.1) is 0 Å². The van der Waals surface area contributed by atoms with E-state index in [4.69, 9.17) is 9.47 Å². The summed E-state index contributed by atoms with van der Waals surface area (Å²) >= 11 is 0. The summed E-state index contributed by atoms with van der Waals surface area (Å²) < 4.78 is 11.8. The van der Waals surface area contributed by atoms with E-state index in [2.05, 4.69) is 49.4 Å². The van der Waals surface area contributed by atoms with Gasteiger partial charge in [0.2, 0.25) is 0 Å². The Kier molecular flexibility index (Phi) is 5.08. The minimum Gasteiger partial charge on any atom is -0.489 e. The molecule has 0 saturated heterocycles. The van der Waals surface area contributed by atoms with Crippen molar-refractivity contribution < 1.29 is 14.3 Å². The number of carbonyl (C=O) groups is 1. The van der Waals surface area contributed by atoms with E-state index in [0.29, 0.717) is 24.4 Å². The molecule has 2 saturated carbocycles. The number of hydrogen-bond acceptors (Lipinski definition) is 3. The molecule has 158 valence electrons. The third-order valence-electron chi connectivity index (χ3n) is 8.17. The molecule has 3 aliphatic rings. The lowest BCUT2D eigenvalue weighted by molar-refractivity contribution is -0.154. The van der Waals surface area contributed by atoms with Crippen molar-refractivity contribution in [1.29, 1.82) is 0 Å². The van der Waals surface area contributed by atoms with Gasteiger partial charge in [-0.1, -0.05) is 43.3 Å². The lowest BCUT2D eigenvalue weighted by atomic mass is 9.55. The first-order chi connectivity index (χ1) is 14.5. The SMILES string of the molecule is CC(=O)O[C@H]1CC[C@H]2[C@@H]3CCc4cc(OCc5ccccc5)ccc4[C@H]3CC[C@]12C. The van der Waals surface area contributed by atoms with Gasteiger partial charge in [-0.2, -0.15) is 0 Å². The van der Waals surface area contributed by atoms with Crippen LogP contribution in [0.4, 0.5) is 0 Å². The van der Waals surface area contributed by atoms with Crippen molar-refractivity contribution in [3.63, 3.8) is 0 Å². The smallest absolute Gasteiger partial charge is 0.302 e. The maximum atomic E-state index is 11.6. The molecule has 2 fully saturated rings. The normalized spacial score (nSPS) is 31.9. The van der Waals surface area contributed by atoms with Crippen LogP contribution < -0.4 is 4.74 Å². The van der Waals surface area contributed by atoms with Crippen LogP contribution in [-0.2, 0) is 22.6 Å². The Morgan fingerprint density at radius 3 is 2.70 bits per heavy atom. The fourth-order valence-corrected chi connectivity index (χ4v) is 6.74. The fourth-order valence-electron chi connectivity index (χ4n) is 6.74. The first-order valence-electron chi connectivity index (χ1n) is 11.5. The van der Waals surface area contributed by atoms with Crippen molar-refractivity contribution in [2.45, 2.75) is 71.0 Å². The second-order valence-corrected chi connectivity index (χ2v) is 9.77. The lowest BCUT2D eigenvalue weighted by Crippen LogP contribution is -2.45. The number of ether oxygens (including phenoxy) is 2. The molecule has 0 unspecified atom stereocenters. The highest BCUT2D eigenvalue weighted by molar-refractivity contribution is 5.66. The lowest BCUT2D eigenvalue weighted by Gasteiger charge is -2.50. The van der Waals surface area contributed by atoms with Crippen molar-refractivity contribution in [2.24, 2.45) is 17.3 Å². The Bertz CT molecular complexity index is 921. The van der Waals surface area contributed by atoms with Crippen LogP contribution in [-0.4, -0.2) is 12.1 Å². The summed E-state index contributed by atoms with van der Waals surface area (Å²) in [6.07, 6.45) is 7.06. The van der Waals surface area contributed by atoms with E-state index in [1.165, 1.54) is 36.0 Å². The zero-order chi connectivity index (χ0) is 20.7. The standard InChI is InChI=1S/C27H32O3/c1-18(28)30-26-13-12-25-24-10-8-20-16-21(29-17-19-6-4-3-5-7-19)9-11-22(20)23(24)14-15-27(25,26)2/h3-7,9,11,16,23-26H,8,10,12-15,17H2,1-2H3/t23-,24-,25+,26+,27+/m1/s1. The Balaban J connectivity index is 1.32. The van der Waals surface area contributed by atoms with E-state index in [1.807, 2.05) is 6.07 Å². The number of carbonyl (C=O) groups excluding carboxylic acids is 1. The zero-order valence-electron chi connectivity index (χ0n) is 18.1. The van der Waals surface area contributed by atoms with Gasteiger partial charge in [0.1, 0.15) is 18.5 Å². The molecule has 0 aliphatic heterocycles. The largest absolute Gasteiger partial charge is 0.489 e. The second-order valence-electron chi connectivity index (χ2n) is 9.77. The summed E-state index contributed by atoms with van der Waals surface area (Å²) in [6.45, 7) is 4.55. The highest BCUT2D eigenvalue weighted by Gasteiger charge is 2.56. The Morgan fingerprint density at radius 2 is 1.90 bits per heavy atom. The highest BCUT2D eigenvalue weighted by Crippen LogP contribution is 2.61. The van der Waals surface area contributed by atoms with Crippen LogP contribution in [0.5, 0.6) is 5.75 Å². The van der Waals surface area contributed by atoms with Crippen molar-refractivity contribution in [2.75, 3.05) is 0 Å². The molecule has 30 heavy (non-hydrogen) atoms. The molecule has 5 rings (SSSR count). The molecule has 0 N–H and O–H groups in total. The number of rotatable bonds is 4. The minimum absolute atomic E-state index is 0.108. The molecule has 2 aromatic carbocycles. The van der Waals surface area contributed by atoms with Crippen molar-refractivity contribution in [3.8, 4) is 5.75 Å². The molecule has 0 aromatic heterocycles. The monoisotopic (exact) mass is 404 g/mol. The molecule has 2 aromatic rings. The molecule has 0 heterocycles. The van der Waals surface area contributed by atoms with Gasteiger partial charge in [0, 0.05) is 12.3 Å². The molecule has 3 nitrogen and oxygen atoms in total. The summed E-state index contributed by atoms with van der Waals surface area (Å²) in [5.74, 6) is 2.88. The first-order valence-corrected chi connectivity index (χ1v) is 11.5. The van der Waals surface area contributed by atoms with Gasteiger partial charge in [0.25, 0.3) is 0 Å². The van der Waals surface area contributed by atoms with E-state index in [9.17, 15) is 4.79 Å². The number of aryl methyl sites for hydroxylation is 1. The molecule has 0 bridgehead atoms. The first kappa shape index (κ1) is 19.7. The third kappa shape index (κ3) is 3.42. The maximum absolute atomic E-state index is 11.6. The molecule has 0 amide bonds. The van der Waals surface area contributed by atoms with Gasteiger partial charge in [0.15, 0.2) is 0 Å². The summed E-state index contributed by atoms with van der Waals surface area (Å²) in [5.41, 5.74) is 4.37. The molecule has 3 aliphatic carbocycles. The van der Waals surface area contributed by atoms with Crippen LogP contribution in [0.3, 0.4) is 0 Å². The van der Waals surface area contributed by atoms with Crippen LogP contribution in [0.2, 0.25) is 0 Å². The predicted molar refractivity (Wildman–Crippen MR) is 117 cm³/mol. The van der Waals surface area contributed by atoms with Gasteiger partial charge in [-0.3, -0.25) is 4.79 Å². The van der Waals surface area contributed by atoms with Gasteiger partial charge < -0.3 is 9.47 Å². The van der Waals surface area contributed by atoms with E-state index >= 15 is 0 Å². The molecule has 5 atom stereocenters. The topological polar surface area (TPSA) is 35.5 Å². The van der Waals surface area contributed by atoms with E-state index in [-0.39, 0.29) is 17.5 Å². The molecular weight excluding hydrogens is 372 g/mol. The average Bonchev–Trinajstić information content (AvgIpc) is 3.08. The minimum atomic E-state index is -0.124. The number of benzene rings is 2. The predicted octanol–water partition coefficient (Wildman–Crippen LogP) is 6.05. The van der Waals surface area contributed by atoms with Gasteiger partial charge in [-0.25, -0.2) is 0 Å². The molecule has 3 heteroatoms. The highest BCUT2D eigenvalue weighted by atomic mass is 16.5. The van der Waals surface area contributed by atoms with Crippen LogP contribution in [0.15, 0.2) is 48.5 Å². The van der Waals surface area contributed by atoms with Gasteiger partial charge in [0.05, 0.1) is 0 Å². The number of esters is 1. The number of fused-ring (bicyclic) bond motifs is 5. The van der Waals surface area contributed by atoms with Crippen molar-refractivity contribution >= 4 is 5.97 Å². The summed E-state index contributed by atoms with van der Waals surface area (Å²) in [6, 6.07) is 17.1. The van der Waals surface area contributed by atoms with Crippen molar-refractivity contribution in [1.82, 2.24) is 0 Å². The van der Waals surface area contributed by atoms with Gasteiger partial charge in [-0.05, 0) is 85.1 Å². The Hall–Kier alpha value is -2.29. The van der Waals surface area contributed by atoms with Gasteiger partial charge >= 0.3 is 5.97 Å². The average molecular weight is 405 g/mol.